The summed E-state index contributed by atoms with van der Waals surface area (Å²) < 4.78 is 33.3. The third-order valence-corrected chi connectivity index (χ3v) is 7.41. The molecule has 31 heavy (non-hydrogen) atoms. The van der Waals surface area contributed by atoms with Crippen molar-refractivity contribution in [1.29, 1.82) is 0 Å². The van der Waals surface area contributed by atoms with Crippen LogP contribution in [-0.2, 0) is 16.6 Å². The molecule has 0 amide bonds. The minimum atomic E-state index is -3.68. The number of piperazine rings is 1. The maximum Gasteiger partial charge on any atom is 0.268 e. The van der Waals surface area contributed by atoms with Crippen LogP contribution in [0.15, 0.2) is 53.6 Å². The summed E-state index contributed by atoms with van der Waals surface area (Å²) in [5.41, 5.74) is 2.82. The summed E-state index contributed by atoms with van der Waals surface area (Å²) in [6.45, 7) is 6.88. The lowest BCUT2D eigenvalue weighted by atomic mass is 10.1. The molecular weight excluding hydrogens is 457 g/mol. The number of methoxy groups -OCH3 is 1. The van der Waals surface area contributed by atoms with Gasteiger partial charge in [0.1, 0.15) is 5.75 Å². The Labute approximate surface area is 196 Å². The Kier molecular flexibility index (Phi) is 8.41. The molecule has 1 saturated heterocycles. The highest BCUT2D eigenvalue weighted by atomic mass is 35.5. The molecule has 0 N–H and O–H groups in total. The number of rotatable bonds is 5. The zero-order chi connectivity index (χ0) is 20.6. The molecular formula is C22H29Cl2N3O3S. The summed E-state index contributed by atoms with van der Waals surface area (Å²) in [6, 6.07) is 12.6. The quantitative estimate of drug-likeness (QED) is 0.550. The van der Waals surface area contributed by atoms with Crippen molar-refractivity contribution in [3.8, 4) is 5.75 Å². The maximum absolute atomic E-state index is 13.4. The highest BCUT2D eigenvalue weighted by Gasteiger charge is 2.21. The second kappa shape index (κ2) is 10.2. The molecule has 2 heterocycles. The van der Waals surface area contributed by atoms with Crippen LogP contribution < -0.4 is 4.74 Å². The Balaban J connectivity index is 0.00000171. The first-order chi connectivity index (χ1) is 13.9. The number of hydrogen-bond donors (Lipinski definition) is 0. The summed E-state index contributed by atoms with van der Waals surface area (Å²) in [5.74, 6) is 0.706. The fourth-order valence-corrected chi connectivity index (χ4v) is 5.18. The molecule has 0 spiro atoms. The lowest BCUT2D eigenvalue weighted by molar-refractivity contribution is 0.148. The van der Waals surface area contributed by atoms with Crippen molar-refractivity contribution >= 4 is 45.7 Å². The normalized spacial score (nSPS) is 15.3. The van der Waals surface area contributed by atoms with Gasteiger partial charge >= 0.3 is 0 Å². The minimum absolute atomic E-state index is 0. The first kappa shape index (κ1) is 25.5. The number of ether oxygens (including phenoxy) is 1. The van der Waals surface area contributed by atoms with Crippen LogP contribution in [-0.4, -0.2) is 62.5 Å². The van der Waals surface area contributed by atoms with Crippen LogP contribution in [0.2, 0.25) is 0 Å². The largest absolute Gasteiger partial charge is 0.497 e. The fraction of sp³-hybridized carbons (Fsp3) is 0.364. The van der Waals surface area contributed by atoms with Crippen LogP contribution in [0.25, 0.3) is 10.9 Å². The minimum Gasteiger partial charge on any atom is -0.497 e. The summed E-state index contributed by atoms with van der Waals surface area (Å²) in [5, 5.41) is 0.831. The topological polar surface area (TPSA) is 54.8 Å². The molecule has 0 atom stereocenters. The molecule has 1 aromatic heterocycles. The van der Waals surface area contributed by atoms with E-state index in [2.05, 4.69) is 16.8 Å². The molecule has 0 radical (unpaired) electrons. The van der Waals surface area contributed by atoms with Gasteiger partial charge in [0.05, 0.1) is 17.5 Å². The molecule has 6 nitrogen and oxygen atoms in total. The van der Waals surface area contributed by atoms with E-state index in [-0.39, 0.29) is 24.8 Å². The second-order valence-electron chi connectivity index (χ2n) is 7.71. The average molecular weight is 486 g/mol. The first-order valence-electron chi connectivity index (χ1n) is 9.79. The maximum atomic E-state index is 13.4. The zero-order valence-corrected chi connectivity index (χ0v) is 20.4. The Morgan fingerprint density at radius 2 is 1.68 bits per heavy atom. The van der Waals surface area contributed by atoms with Crippen LogP contribution in [0.4, 0.5) is 0 Å². The highest BCUT2D eigenvalue weighted by Crippen LogP contribution is 2.27. The molecule has 3 aromatic rings. The van der Waals surface area contributed by atoms with Crippen molar-refractivity contribution in [2.45, 2.75) is 18.4 Å². The smallest absolute Gasteiger partial charge is 0.268 e. The van der Waals surface area contributed by atoms with Crippen LogP contribution in [0.3, 0.4) is 0 Å². The van der Waals surface area contributed by atoms with E-state index in [0.29, 0.717) is 16.2 Å². The van der Waals surface area contributed by atoms with Crippen molar-refractivity contribution < 1.29 is 13.2 Å². The van der Waals surface area contributed by atoms with Crippen LogP contribution in [0.5, 0.6) is 5.75 Å². The van der Waals surface area contributed by atoms with Gasteiger partial charge in [-0.1, -0.05) is 6.07 Å². The van der Waals surface area contributed by atoms with E-state index in [1.54, 1.807) is 37.6 Å². The summed E-state index contributed by atoms with van der Waals surface area (Å²) in [4.78, 5) is 5.02. The Morgan fingerprint density at radius 3 is 2.35 bits per heavy atom. The van der Waals surface area contributed by atoms with Gasteiger partial charge in [0.25, 0.3) is 10.0 Å². The number of halogens is 2. The van der Waals surface area contributed by atoms with Gasteiger partial charge in [-0.3, -0.25) is 4.90 Å². The number of aryl methyl sites for hydroxylation is 1. The van der Waals surface area contributed by atoms with Gasteiger partial charge in [-0.2, -0.15) is 0 Å². The molecule has 2 aromatic carbocycles. The highest BCUT2D eigenvalue weighted by molar-refractivity contribution is 7.90. The molecule has 0 aliphatic carbocycles. The monoisotopic (exact) mass is 485 g/mol. The van der Waals surface area contributed by atoms with Crippen molar-refractivity contribution in [1.82, 2.24) is 13.8 Å². The summed E-state index contributed by atoms with van der Waals surface area (Å²) >= 11 is 0. The fourth-order valence-electron chi connectivity index (χ4n) is 3.77. The van der Waals surface area contributed by atoms with E-state index in [4.69, 9.17) is 4.74 Å². The van der Waals surface area contributed by atoms with E-state index in [9.17, 15) is 8.42 Å². The van der Waals surface area contributed by atoms with Crippen molar-refractivity contribution in [3.05, 3.63) is 59.8 Å². The summed E-state index contributed by atoms with van der Waals surface area (Å²) in [7, 11) is 0.0505. The molecule has 170 valence electrons. The van der Waals surface area contributed by atoms with Gasteiger partial charge in [-0.05, 0) is 61.5 Å². The number of aromatic nitrogens is 1. The van der Waals surface area contributed by atoms with Crippen molar-refractivity contribution in [2.75, 3.05) is 40.3 Å². The number of hydrogen-bond acceptors (Lipinski definition) is 5. The molecule has 4 rings (SSSR count). The van der Waals surface area contributed by atoms with E-state index in [1.807, 2.05) is 25.1 Å². The third-order valence-electron chi connectivity index (χ3n) is 5.73. The van der Waals surface area contributed by atoms with Crippen LogP contribution >= 0.6 is 24.8 Å². The molecule has 9 heteroatoms. The van der Waals surface area contributed by atoms with E-state index in [0.717, 1.165) is 49.2 Å². The standard InChI is InChI=1S/C22H27N3O3S.2ClH/c1-17-4-6-21(15-19(17)16-24-12-10-23(2)11-13-24)29(26,27)25-9-8-18-14-20(28-3)5-7-22(18)25;;/h4-9,14-15H,10-13,16H2,1-3H3;2*1H. The van der Waals surface area contributed by atoms with E-state index in [1.165, 1.54) is 3.97 Å². The second-order valence-corrected chi connectivity index (χ2v) is 9.52. The molecule has 1 fully saturated rings. The third kappa shape index (κ3) is 5.18. The van der Waals surface area contributed by atoms with Gasteiger partial charge in [0, 0.05) is 44.3 Å². The molecule has 1 aliphatic rings. The first-order valence-corrected chi connectivity index (χ1v) is 11.2. The zero-order valence-electron chi connectivity index (χ0n) is 17.9. The Bertz CT molecular complexity index is 1140. The predicted molar refractivity (Wildman–Crippen MR) is 130 cm³/mol. The number of nitrogens with zero attached hydrogens (tertiary/aromatic N) is 3. The molecule has 0 saturated carbocycles. The SMILES string of the molecule is COc1ccc2c(ccn2S(=O)(=O)c2ccc(C)c(CN3CCN(C)CC3)c2)c1.Cl.Cl. The average Bonchev–Trinajstić information content (AvgIpc) is 3.15. The molecule has 0 unspecified atom stereocenters. The van der Waals surface area contributed by atoms with E-state index >= 15 is 0 Å². The molecule has 0 bridgehead atoms. The predicted octanol–water partition coefficient (Wildman–Crippen LogP) is 3.79. The number of benzene rings is 2. The van der Waals surface area contributed by atoms with Crippen LogP contribution in [0, 0.1) is 6.92 Å². The van der Waals surface area contributed by atoms with Gasteiger partial charge in [0.15, 0.2) is 0 Å². The van der Waals surface area contributed by atoms with E-state index < -0.39 is 10.0 Å². The van der Waals surface area contributed by atoms with Gasteiger partial charge < -0.3 is 9.64 Å². The van der Waals surface area contributed by atoms with Gasteiger partial charge in [-0.15, -0.1) is 24.8 Å². The lowest BCUT2D eigenvalue weighted by Gasteiger charge is -2.32. The number of fused-ring (bicyclic) bond motifs is 1. The lowest BCUT2D eigenvalue weighted by Crippen LogP contribution is -2.44. The Hall–Kier alpha value is -1.77. The Morgan fingerprint density at radius 1 is 0.968 bits per heavy atom. The van der Waals surface area contributed by atoms with Crippen molar-refractivity contribution in [2.24, 2.45) is 0 Å². The summed E-state index contributed by atoms with van der Waals surface area (Å²) in [6.07, 6.45) is 1.61. The number of likely N-dealkylation sites (N-methyl/N-ethyl adjacent to an activating group) is 1. The van der Waals surface area contributed by atoms with Gasteiger partial charge in [0.2, 0.25) is 0 Å². The van der Waals surface area contributed by atoms with Crippen molar-refractivity contribution in [3.63, 3.8) is 0 Å². The van der Waals surface area contributed by atoms with Gasteiger partial charge in [-0.25, -0.2) is 12.4 Å². The van der Waals surface area contributed by atoms with Crippen LogP contribution in [0.1, 0.15) is 11.1 Å². The molecule has 1 aliphatic heterocycles.